The van der Waals surface area contributed by atoms with Crippen molar-refractivity contribution in [2.45, 2.75) is 19.9 Å². The van der Waals surface area contributed by atoms with E-state index in [1.165, 1.54) is 4.68 Å². The molecule has 5 heteroatoms. The van der Waals surface area contributed by atoms with Crippen molar-refractivity contribution >= 4 is 5.69 Å². The van der Waals surface area contributed by atoms with Crippen molar-refractivity contribution in [2.24, 2.45) is 0 Å². The zero-order valence-electron chi connectivity index (χ0n) is 10.3. The molecular weight excluding hydrogens is 228 g/mol. The van der Waals surface area contributed by atoms with Gasteiger partial charge in [0.05, 0.1) is 24.1 Å². The number of aromatic nitrogens is 3. The first-order chi connectivity index (χ1) is 8.79. The van der Waals surface area contributed by atoms with Crippen LogP contribution in [-0.4, -0.2) is 21.3 Å². The molecule has 0 bridgehead atoms. The molecule has 0 radical (unpaired) electrons. The lowest BCUT2D eigenvalue weighted by atomic mass is 10.3. The van der Waals surface area contributed by atoms with E-state index in [1.54, 1.807) is 18.5 Å². The molecule has 2 heterocycles. The van der Waals surface area contributed by atoms with Crippen molar-refractivity contribution < 1.29 is 0 Å². The van der Waals surface area contributed by atoms with E-state index in [0.717, 1.165) is 24.3 Å². The van der Waals surface area contributed by atoms with E-state index in [9.17, 15) is 4.79 Å². The highest BCUT2D eigenvalue weighted by atomic mass is 16.1. The van der Waals surface area contributed by atoms with E-state index in [4.69, 9.17) is 0 Å². The van der Waals surface area contributed by atoms with Crippen LogP contribution in [0.25, 0.3) is 0 Å². The van der Waals surface area contributed by atoms with Gasteiger partial charge < -0.3 is 5.32 Å². The predicted molar refractivity (Wildman–Crippen MR) is 70.6 cm³/mol. The number of anilines is 1. The van der Waals surface area contributed by atoms with E-state index in [-0.39, 0.29) is 5.56 Å². The van der Waals surface area contributed by atoms with Gasteiger partial charge in [-0.05, 0) is 18.6 Å². The Morgan fingerprint density at radius 2 is 2.28 bits per heavy atom. The van der Waals surface area contributed by atoms with Crippen molar-refractivity contribution in [3.63, 3.8) is 0 Å². The maximum atomic E-state index is 11.8. The van der Waals surface area contributed by atoms with E-state index in [0.29, 0.717) is 6.54 Å². The first-order valence-electron chi connectivity index (χ1n) is 6.00. The molecule has 18 heavy (non-hydrogen) atoms. The third-order valence-corrected chi connectivity index (χ3v) is 2.49. The average molecular weight is 244 g/mol. The minimum atomic E-state index is -0.123. The number of hydrogen-bond acceptors (Lipinski definition) is 4. The van der Waals surface area contributed by atoms with Crippen LogP contribution in [0.15, 0.2) is 41.5 Å². The third-order valence-electron chi connectivity index (χ3n) is 2.49. The third kappa shape index (κ3) is 3.16. The molecule has 0 saturated carbocycles. The van der Waals surface area contributed by atoms with Gasteiger partial charge in [-0.1, -0.05) is 13.0 Å². The van der Waals surface area contributed by atoms with Crippen molar-refractivity contribution in [1.82, 2.24) is 14.8 Å². The van der Waals surface area contributed by atoms with Crippen LogP contribution in [0.2, 0.25) is 0 Å². The molecule has 2 aromatic rings. The Bertz CT molecular complexity index is 550. The summed E-state index contributed by atoms with van der Waals surface area (Å²) >= 11 is 0. The van der Waals surface area contributed by atoms with Crippen LogP contribution in [0.5, 0.6) is 0 Å². The van der Waals surface area contributed by atoms with Crippen molar-refractivity contribution in [1.29, 1.82) is 0 Å². The summed E-state index contributed by atoms with van der Waals surface area (Å²) in [5.41, 5.74) is 1.46. The largest absolute Gasteiger partial charge is 0.384 e. The maximum absolute atomic E-state index is 11.8. The van der Waals surface area contributed by atoms with E-state index in [1.807, 2.05) is 18.2 Å². The van der Waals surface area contributed by atoms with Gasteiger partial charge in [0.25, 0.3) is 5.56 Å². The van der Waals surface area contributed by atoms with E-state index in [2.05, 4.69) is 22.3 Å². The standard InChI is InChI=1S/C13H16N4O/c1-2-6-14-12-8-13(18)17(16-9-12)10-11-5-3-4-7-15-11/h3-5,7-9,14H,2,6,10H2,1H3. The molecule has 0 amide bonds. The molecule has 0 aliphatic rings. The Kier molecular flexibility index (Phi) is 4.06. The first kappa shape index (κ1) is 12.3. The first-order valence-corrected chi connectivity index (χ1v) is 6.00. The lowest BCUT2D eigenvalue weighted by Crippen LogP contribution is -2.23. The second kappa shape index (κ2) is 5.95. The van der Waals surface area contributed by atoms with Gasteiger partial charge in [-0.25, -0.2) is 4.68 Å². The number of pyridine rings is 1. The highest BCUT2D eigenvalue weighted by Gasteiger charge is 2.01. The molecule has 0 fully saturated rings. The van der Waals surface area contributed by atoms with Crippen LogP contribution in [-0.2, 0) is 6.54 Å². The molecule has 0 aliphatic carbocycles. The molecule has 0 aromatic carbocycles. The smallest absolute Gasteiger partial charge is 0.269 e. The monoisotopic (exact) mass is 244 g/mol. The number of rotatable bonds is 5. The topological polar surface area (TPSA) is 59.8 Å². The Hall–Kier alpha value is -2.17. The predicted octanol–water partition coefficient (Wildman–Crippen LogP) is 1.51. The zero-order valence-corrected chi connectivity index (χ0v) is 10.3. The van der Waals surface area contributed by atoms with Gasteiger partial charge in [0, 0.05) is 18.8 Å². The van der Waals surface area contributed by atoms with Crippen LogP contribution >= 0.6 is 0 Å². The molecule has 2 rings (SSSR count). The number of nitrogens with zero attached hydrogens (tertiary/aromatic N) is 3. The van der Waals surface area contributed by atoms with Gasteiger partial charge in [0.15, 0.2) is 0 Å². The van der Waals surface area contributed by atoms with Gasteiger partial charge in [0.2, 0.25) is 0 Å². The molecule has 0 saturated heterocycles. The van der Waals surface area contributed by atoms with Crippen LogP contribution in [0, 0.1) is 0 Å². The summed E-state index contributed by atoms with van der Waals surface area (Å²) in [5.74, 6) is 0. The summed E-state index contributed by atoms with van der Waals surface area (Å²) < 4.78 is 1.40. The number of hydrogen-bond donors (Lipinski definition) is 1. The van der Waals surface area contributed by atoms with Gasteiger partial charge in [-0.2, -0.15) is 5.10 Å². The summed E-state index contributed by atoms with van der Waals surface area (Å²) in [7, 11) is 0. The van der Waals surface area contributed by atoms with Gasteiger partial charge in [0.1, 0.15) is 0 Å². The fraction of sp³-hybridized carbons (Fsp3) is 0.308. The van der Waals surface area contributed by atoms with Crippen molar-refractivity contribution in [3.8, 4) is 0 Å². The normalized spacial score (nSPS) is 10.3. The molecule has 0 unspecified atom stereocenters. The Morgan fingerprint density at radius 1 is 1.39 bits per heavy atom. The van der Waals surface area contributed by atoms with Gasteiger partial charge in [-0.15, -0.1) is 0 Å². The molecule has 1 N–H and O–H groups in total. The summed E-state index contributed by atoms with van der Waals surface area (Å²) in [4.78, 5) is 16.0. The summed E-state index contributed by atoms with van der Waals surface area (Å²) in [6.45, 7) is 3.31. The highest BCUT2D eigenvalue weighted by Crippen LogP contribution is 2.01. The van der Waals surface area contributed by atoms with E-state index < -0.39 is 0 Å². The minimum absolute atomic E-state index is 0.123. The van der Waals surface area contributed by atoms with Gasteiger partial charge in [-0.3, -0.25) is 9.78 Å². The summed E-state index contributed by atoms with van der Waals surface area (Å²) in [6.07, 6.45) is 4.38. The van der Waals surface area contributed by atoms with Crippen LogP contribution in [0.3, 0.4) is 0 Å². The van der Waals surface area contributed by atoms with Crippen molar-refractivity contribution in [3.05, 3.63) is 52.7 Å². The highest BCUT2D eigenvalue weighted by molar-refractivity contribution is 5.38. The molecule has 2 aromatic heterocycles. The maximum Gasteiger partial charge on any atom is 0.269 e. The van der Waals surface area contributed by atoms with E-state index >= 15 is 0 Å². The molecule has 0 spiro atoms. The van der Waals surface area contributed by atoms with Crippen LogP contribution in [0.1, 0.15) is 19.0 Å². The lowest BCUT2D eigenvalue weighted by Gasteiger charge is -2.06. The SMILES string of the molecule is CCCNc1cnn(Cc2ccccn2)c(=O)c1. The average Bonchev–Trinajstić information content (AvgIpc) is 2.40. The Morgan fingerprint density at radius 3 is 2.94 bits per heavy atom. The van der Waals surface area contributed by atoms with Crippen LogP contribution < -0.4 is 10.9 Å². The zero-order chi connectivity index (χ0) is 12.8. The van der Waals surface area contributed by atoms with Crippen molar-refractivity contribution in [2.75, 3.05) is 11.9 Å². The quantitative estimate of drug-likeness (QED) is 0.866. The molecule has 0 atom stereocenters. The van der Waals surface area contributed by atoms with Gasteiger partial charge >= 0.3 is 0 Å². The fourth-order valence-electron chi connectivity index (χ4n) is 1.56. The lowest BCUT2D eigenvalue weighted by molar-refractivity contribution is 0.628. The summed E-state index contributed by atoms with van der Waals surface area (Å²) in [6, 6.07) is 7.17. The minimum Gasteiger partial charge on any atom is -0.384 e. The molecular formula is C13H16N4O. The fourth-order valence-corrected chi connectivity index (χ4v) is 1.56. The Labute approximate surface area is 105 Å². The second-order valence-corrected chi connectivity index (χ2v) is 3.99. The number of nitrogens with one attached hydrogen (secondary N) is 1. The molecule has 94 valence electrons. The summed E-state index contributed by atoms with van der Waals surface area (Å²) in [5, 5.41) is 7.26. The second-order valence-electron chi connectivity index (χ2n) is 3.99. The molecule has 5 nitrogen and oxygen atoms in total. The Balaban J connectivity index is 2.13. The van der Waals surface area contributed by atoms with Crippen LogP contribution in [0.4, 0.5) is 5.69 Å². The molecule has 0 aliphatic heterocycles.